The van der Waals surface area contributed by atoms with Crippen LogP contribution in [0.1, 0.15) is 13.3 Å². The van der Waals surface area contributed by atoms with Crippen molar-refractivity contribution >= 4 is 16.8 Å². The van der Waals surface area contributed by atoms with E-state index in [0.717, 1.165) is 6.42 Å². The van der Waals surface area contributed by atoms with E-state index < -0.39 is 0 Å². The first-order valence-corrected chi connectivity index (χ1v) is 2.98. The van der Waals surface area contributed by atoms with Crippen molar-refractivity contribution in [3.8, 4) is 0 Å². The van der Waals surface area contributed by atoms with E-state index in [1.165, 1.54) is 0 Å². The highest BCUT2D eigenvalue weighted by Gasteiger charge is 1.82. The summed E-state index contributed by atoms with van der Waals surface area (Å²) in [5.74, 6) is 0. The quantitative estimate of drug-likeness (QED) is 0.412. The summed E-state index contributed by atoms with van der Waals surface area (Å²) < 4.78 is 0. The van der Waals surface area contributed by atoms with Gasteiger partial charge in [-0.1, -0.05) is 24.6 Å². The monoisotopic (exact) mass is 131 g/mol. The standard InChI is InChI=1S/C6H10ClN/c1-3-5-8-6(7)4-2/h3H,1,4-5H2,2H3. The molecule has 8 heavy (non-hydrogen) atoms. The molecule has 0 unspecified atom stereocenters. The van der Waals surface area contributed by atoms with E-state index in [0.29, 0.717) is 11.7 Å². The average Bonchev–Trinajstić information content (AvgIpc) is 1.83. The summed E-state index contributed by atoms with van der Waals surface area (Å²) in [7, 11) is 0. The van der Waals surface area contributed by atoms with E-state index in [2.05, 4.69) is 11.6 Å². The Balaban J connectivity index is 3.40. The predicted molar refractivity (Wildman–Crippen MR) is 38.6 cm³/mol. The molecular formula is C6H10ClN. The van der Waals surface area contributed by atoms with Gasteiger partial charge in [0.25, 0.3) is 0 Å². The highest BCUT2D eigenvalue weighted by atomic mass is 35.5. The summed E-state index contributed by atoms with van der Waals surface area (Å²) in [5.41, 5.74) is 0. The van der Waals surface area contributed by atoms with Crippen LogP contribution in [0.3, 0.4) is 0 Å². The minimum Gasteiger partial charge on any atom is -0.273 e. The Bertz CT molecular complexity index is 96.7. The highest BCUT2D eigenvalue weighted by Crippen LogP contribution is 1.90. The molecule has 0 fully saturated rings. The minimum atomic E-state index is 0.632. The van der Waals surface area contributed by atoms with E-state index in [9.17, 15) is 0 Å². The first kappa shape index (κ1) is 7.70. The summed E-state index contributed by atoms with van der Waals surface area (Å²) >= 11 is 5.55. The van der Waals surface area contributed by atoms with Crippen molar-refractivity contribution in [1.29, 1.82) is 0 Å². The maximum Gasteiger partial charge on any atom is 0.100 e. The molecular weight excluding hydrogens is 122 g/mol. The number of aliphatic imine (C=N–C) groups is 1. The molecule has 0 saturated carbocycles. The van der Waals surface area contributed by atoms with Crippen molar-refractivity contribution in [3.63, 3.8) is 0 Å². The van der Waals surface area contributed by atoms with Gasteiger partial charge in [0.15, 0.2) is 0 Å². The highest BCUT2D eigenvalue weighted by molar-refractivity contribution is 6.65. The van der Waals surface area contributed by atoms with Crippen molar-refractivity contribution in [1.82, 2.24) is 0 Å². The summed E-state index contributed by atoms with van der Waals surface area (Å²) in [4.78, 5) is 3.93. The second-order valence-electron chi connectivity index (χ2n) is 1.36. The second kappa shape index (κ2) is 4.85. The summed E-state index contributed by atoms with van der Waals surface area (Å²) in [5, 5.41) is 0.671. The van der Waals surface area contributed by atoms with E-state index in [1.807, 2.05) is 6.92 Å². The minimum absolute atomic E-state index is 0.632. The molecule has 0 saturated heterocycles. The number of halogens is 1. The molecule has 0 aromatic rings. The fourth-order valence-corrected chi connectivity index (χ4v) is 0.344. The zero-order chi connectivity index (χ0) is 6.41. The zero-order valence-electron chi connectivity index (χ0n) is 5.02. The average molecular weight is 132 g/mol. The van der Waals surface area contributed by atoms with Crippen LogP contribution in [0.5, 0.6) is 0 Å². The smallest absolute Gasteiger partial charge is 0.100 e. The molecule has 2 heteroatoms. The van der Waals surface area contributed by atoms with Crippen LogP contribution in [0.25, 0.3) is 0 Å². The Labute approximate surface area is 55.1 Å². The molecule has 0 aliphatic rings. The predicted octanol–water partition coefficient (Wildman–Crippen LogP) is 2.22. The molecule has 0 N–H and O–H groups in total. The SMILES string of the molecule is C=CCN=C(Cl)CC. The van der Waals surface area contributed by atoms with Gasteiger partial charge in [0.05, 0.1) is 6.54 Å². The molecule has 1 nitrogen and oxygen atoms in total. The van der Waals surface area contributed by atoms with Gasteiger partial charge in [-0.25, -0.2) is 0 Å². The maximum atomic E-state index is 5.55. The molecule has 0 rings (SSSR count). The molecule has 0 aliphatic heterocycles. The third-order valence-corrected chi connectivity index (χ3v) is 1.07. The Kier molecular flexibility index (Phi) is 4.67. The van der Waals surface area contributed by atoms with Crippen LogP contribution >= 0.6 is 11.6 Å². The summed E-state index contributed by atoms with van der Waals surface area (Å²) in [6.45, 7) is 6.10. The van der Waals surface area contributed by atoms with Gasteiger partial charge >= 0.3 is 0 Å². The summed E-state index contributed by atoms with van der Waals surface area (Å²) in [6, 6.07) is 0. The van der Waals surface area contributed by atoms with Gasteiger partial charge in [-0.15, -0.1) is 6.58 Å². The fourth-order valence-electron chi connectivity index (χ4n) is 0.275. The molecule has 0 heterocycles. The summed E-state index contributed by atoms with van der Waals surface area (Å²) in [6.07, 6.45) is 2.54. The van der Waals surface area contributed by atoms with Gasteiger partial charge in [-0.3, -0.25) is 4.99 Å². The molecule has 0 amide bonds. The van der Waals surface area contributed by atoms with Crippen LogP contribution in [0, 0.1) is 0 Å². The van der Waals surface area contributed by atoms with E-state index in [4.69, 9.17) is 11.6 Å². The van der Waals surface area contributed by atoms with Crippen LogP contribution in [-0.4, -0.2) is 11.7 Å². The molecule has 0 aromatic carbocycles. The van der Waals surface area contributed by atoms with Crippen LogP contribution < -0.4 is 0 Å². The molecule has 0 aliphatic carbocycles. The Hall–Kier alpha value is -0.300. The fraction of sp³-hybridized carbons (Fsp3) is 0.500. The van der Waals surface area contributed by atoms with Gasteiger partial charge in [0.2, 0.25) is 0 Å². The molecule has 46 valence electrons. The first-order valence-electron chi connectivity index (χ1n) is 2.61. The molecule has 0 radical (unpaired) electrons. The van der Waals surface area contributed by atoms with E-state index in [-0.39, 0.29) is 0 Å². The zero-order valence-corrected chi connectivity index (χ0v) is 5.78. The lowest BCUT2D eigenvalue weighted by Gasteiger charge is -1.86. The number of hydrogen-bond acceptors (Lipinski definition) is 1. The van der Waals surface area contributed by atoms with Gasteiger partial charge < -0.3 is 0 Å². The maximum absolute atomic E-state index is 5.55. The first-order chi connectivity index (χ1) is 3.81. The van der Waals surface area contributed by atoms with Crippen molar-refractivity contribution in [3.05, 3.63) is 12.7 Å². The normalized spacial score (nSPS) is 11.5. The molecule has 0 bridgehead atoms. The second-order valence-corrected chi connectivity index (χ2v) is 1.80. The third kappa shape index (κ3) is 3.88. The number of rotatable bonds is 3. The van der Waals surface area contributed by atoms with Crippen molar-refractivity contribution in [2.75, 3.05) is 6.54 Å². The van der Waals surface area contributed by atoms with Crippen LogP contribution in [0.4, 0.5) is 0 Å². The van der Waals surface area contributed by atoms with Crippen molar-refractivity contribution in [2.24, 2.45) is 4.99 Å². The Morgan fingerprint density at radius 1 is 1.88 bits per heavy atom. The Morgan fingerprint density at radius 2 is 2.50 bits per heavy atom. The third-order valence-electron chi connectivity index (χ3n) is 0.684. The van der Waals surface area contributed by atoms with Crippen molar-refractivity contribution in [2.45, 2.75) is 13.3 Å². The topological polar surface area (TPSA) is 12.4 Å². The Morgan fingerprint density at radius 3 is 2.88 bits per heavy atom. The van der Waals surface area contributed by atoms with Crippen LogP contribution in [0.15, 0.2) is 17.6 Å². The van der Waals surface area contributed by atoms with Crippen molar-refractivity contribution < 1.29 is 0 Å². The van der Waals surface area contributed by atoms with E-state index in [1.54, 1.807) is 6.08 Å². The number of hydrogen-bond donors (Lipinski definition) is 0. The lowest BCUT2D eigenvalue weighted by molar-refractivity contribution is 1.20. The van der Waals surface area contributed by atoms with E-state index >= 15 is 0 Å². The van der Waals surface area contributed by atoms with Crippen LogP contribution in [-0.2, 0) is 0 Å². The van der Waals surface area contributed by atoms with Gasteiger partial charge in [-0.2, -0.15) is 0 Å². The van der Waals surface area contributed by atoms with Crippen LogP contribution in [0.2, 0.25) is 0 Å². The lowest BCUT2D eigenvalue weighted by atomic mass is 10.5. The molecule has 0 atom stereocenters. The number of nitrogens with zero attached hydrogens (tertiary/aromatic N) is 1. The van der Waals surface area contributed by atoms with Gasteiger partial charge in [0.1, 0.15) is 5.17 Å². The van der Waals surface area contributed by atoms with Gasteiger partial charge in [-0.05, 0) is 6.42 Å². The molecule has 0 aromatic heterocycles. The lowest BCUT2D eigenvalue weighted by Crippen LogP contribution is -1.83. The van der Waals surface area contributed by atoms with Gasteiger partial charge in [0, 0.05) is 0 Å². The molecule has 0 spiro atoms. The largest absolute Gasteiger partial charge is 0.273 e.